The van der Waals surface area contributed by atoms with Gasteiger partial charge < -0.3 is 14.6 Å². The van der Waals surface area contributed by atoms with Crippen molar-refractivity contribution in [3.8, 4) is 11.5 Å². The molecule has 0 bridgehead atoms. The fourth-order valence-electron chi connectivity index (χ4n) is 2.10. The zero-order chi connectivity index (χ0) is 14.0. The van der Waals surface area contributed by atoms with Crippen molar-refractivity contribution in [3.05, 3.63) is 29.3 Å². The van der Waals surface area contributed by atoms with Crippen molar-refractivity contribution >= 4 is 12.0 Å². The third kappa shape index (κ3) is 2.89. The maximum atomic E-state index is 10.7. The predicted octanol–water partition coefficient (Wildman–Crippen LogP) is 2.90. The Kier molecular flexibility index (Phi) is 3.51. The Bertz CT molecular complexity index is 529. The van der Waals surface area contributed by atoms with Crippen molar-refractivity contribution in [2.75, 3.05) is 7.11 Å². The molecule has 1 aromatic carbocycles. The van der Waals surface area contributed by atoms with Gasteiger partial charge in [0.25, 0.3) is 0 Å². The molecule has 1 N–H and O–H groups in total. The quantitative estimate of drug-likeness (QED) is 0.906. The Morgan fingerprint density at radius 2 is 2.16 bits per heavy atom. The Balaban J connectivity index is 2.42. The summed E-state index contributed by atoms with van der Waals surface area (Å²) in [5.41, 5.74) is 1.39. The van der Waals surface area contributed by atoms with Crippen LogP contribution in [0.15, 0.2) is 18.2 Å². The average molecular weight is 262 g/mol. The van der Waals surface area contributed by atoms with Gasteiger partial charge in [-0.1, -0.05) is 6.07 Å². The first kappa shape index (κ1) is 13.5. The lowest BCUT2D eigenvalue weighted by molar-refractivity contribution is -0.136. The number of aliphatic carboxylic acids is 1. The number of aryl methyl sites for hydroxylation is 1. The molecule has 4 nitrogen and oxygen atoms in total. The molecule has 102 valence electrons. The number of methoxy groups -OCH3 is 1. The van der Waals surface area contributed by atoms with E-state index in [0.29, 0.717) is 6.42 Å². The van der Waals surface area contributed by atoms with Crippen LogP contribution in [0.1, 0.15) is 31.4 Å². The Hall–Kier alpha value is -1.97. The standard InChI is InChI=1S/C15H18O4/c1-15(2)9-8-11-12(18-3)6-4-10(14(11)19-15)5-7-13(16)17/h4,6,8-9H,5,7H2,1-3H3,(H,16,17). The van der Waals surface area contributed by atoms with Crippen LogP contribution in [-0.2, 0) is 11.2 Å². The summed E-state index contributed by atoms with van der Waals surface area (Å²) in [7, 11) is 1.61. The number of rotatable bonds is 4. The van der Waals surface area contributed by atoms with E-state index in [4.69, 9.17) is 14.6 Å². The summed E-state index contributed by atoms with van der Waals surface area (Å²) in [5.74, 6) is 0.657. The van der Waals surface area contributed by atoms with Gasteiger partial charge in [-0.15, -0.1) is 0 Å². The molecule has 0 saturated heterocycles. The van der Waals surface area contributed by atoms with Gasteiger partial charge in [0.1, 0.15) is 17.1 Å². The van der Waals surface area contributed by atoms with Gasteiger partial charge in [0.05, 0.1) is 12.7 Å². The molecule has 0 unspecified atom stereocenters. The van der Waals surface area contributed by atoms with Gasteiger partial charge in [0.2, 0.25) is 0 Å². The number of hydrogen-bond acceptors (Lipinski definition) is 3. The van der Waals surface area contributed by atoms with Crippen LogP contribution in [0, 0.1) is 0 Å². The van der Waals surface area contributed by atoms with Gasteiger partial charge in [-0.2, -0.15) is 0 Å². The molecular weight excluding hydrogens is 244 g/mol. The lowest BCUT2D eigenvalue weighted by atomic mass is 9.97. The molecule has 0 fully saturated rings. The minimum Gasteiger partial charge on any atom is -0.496 e. The second-order valence-corrected chi connectivity index (χ2v) is 5.10. The maximum absolute atomic E-state index is 10.7. The summed E-state index contributed by atoms with van der Waals surface area (Å²) in [6.07, 6.45) is 4.48. The summed E-state index contributed by atoms with van der Waals surface area (Å²) < 4.78 is 11.3. The first-order valence-electron chi connectivity index (χ1n) is 6.23. The van der Waals surface area contributed by atoms with Gasteiger partial charge in [0.15, 0.2) is 0 Å². The highest BCUT2D eigenvalue weighted by Gasteiger charge is 2.26. The second kappa shape index (κ2) is 4.96. The van der Waals surface area contributed by atoms with E-state index < -0.39 is 11.6 Å². The van der Waals surface area contributed by atoms with Crippen molar-refractivity contribution in [3.63, 3.8) is 0 Å². The zero-order valence-corrected chi connectivity index (χ0v) is 11.4. The number of fused-ring (bicyclic) bond motifs is 1. The molecule has 0 aromatic heterocycles. The van der Waals surface area contributed by atoms with Crippen LogP contribution in [0.5, 0.6) is 11.5 Å². The van der Waals surface area contributed by atoms with Crippen molar-refractivity contribution in [1.82, 2.24) is 0 Å². The summed E-state index contributed by atoms with van der Waals surface area (Å²) in [6, 6.07) is 3.72. The van der Waals surface area contributed by atoms with Crippen molar-refractivity contribution in [1.29, 1.82) is 0 Å². The number of hydrogen-bond donors (Lipinski definition) is 1. The highest BCUT2D eigenvalue weighted by atomic mass is 16.5. The van der Waals surface area contributed by atoms with Crippen LogP contribution in [0.25, 0.3) is 6.08 Å². The summed E-state index contributed by atoms with van der Waals surface area (Å²) in [4.78, 5) is 10.7. The van der Waals surface area contributed by atoms with Crippen LogP contribution < -0.4 is 9.47 Å². The van der Waals surface area contributed by atoms with E-state index in [-0.39, 0.29) is 6.42 Å². The van der Waals surface area contributed by atoms with E-state index in [1.165, 1.54) is 0 Å². The normalized spacial score (nSPS) is 15.5. The van der Waals surface area contributed by atoms with Gasteiger partial charge in [-0.25, -0.2) is 0 Å². The average Bonchev–Trinajstić information content (AvgIpc) is 2.34. The van der Waals surface area contributed by atoms with Gasteiger partial charge in [0, 0.05) is 6.42 Å². The molecular formula is C15H18O4. The lowest BCUT2D eigenvalue weighted by Crippen LogP contribution is -2.28. The van der Waals surface area contributed by atoms with Crippen LogP contribution >= 0.6 is 0 Å². The highest BCUT2D eigenvalue weighted by Crippen LogP contribution is 2.39. The van der Waals surface area contributed by atoms with E-state index in [9.17, 15) is 4.79 Å². The van der Waals surface area contributed by atoms with E-state index >= 15 is 0 Å². The van der Waals surface area contributed by atoms with Gasteiger partial charge >= 0.3 is 5.97 Å². The first-order valence-corrected chi connectivity index (χ1v) is 6.23. The molecule has 0 saturated carbocycles. The third-order valence-corrected chi connectivity index (χ3v) is 3.08. The van der Waals surface area contributed by atoms with Gasteiger partial charge in [-0.05, 0) is 44.1 Å². The minimum atomic E-state index is -0.810. The molecule has 0 radical (unpaired) electrons. The molecule has 1 aliphatic rings. The fraction of sp³-hybridized carbons (Fsp3) is 0.400. The third-order valence-electron chi connectivity index (χ3n) is 3.08. The minimum absolute atomic E-state index is 0.0896. The fourth-order valence-corrected chi connectivity index (χ4v) is 2.10. The summed E-state index contributed by atoms with van der Waals surface area (Å²) in [5, 5.41) is 8.80. The first-order chi connectivity index (χ1) is 8.93. The zero-order valence-electron chi connectivity index (χ0n) is 11.4. The van der Waals surface area contributed by atoms with Crippen LogP contribution in [0.3, 0.4) is 0 Å². The predicted molar refractivity (Wildman–Crippen MR) is 72.7 cm³/mol. The molecule has 1 aliphatic heterocycles. The number of ether oxygens (including phenoxy) is 2. The number of carboxylic acid groups (broad SMARTS) is 1. The molecule has 4 heteroatoms. The molecule has 1 aromatic rings. The van der Waals surface area contributed by atoms with Crippen LogP contribution in [0.4, 0.5) is 0 Å². The van der Waals surface area contributed by atoms with Crippen molar-refractivity contribution in [2.24, 2.45) is 0 Å². The maximum Gasteiger partial charge on any atom is 0.303 e. The van der Waals surface area contributed by atoms with Crippen LogP contribution in [0.2, 0.25) is 0 Å². The SMILES string of the molecule is COc1ccc(CCC(=O)O)c2c1C=CC(C)(C)O2. The molecule has 1 heterocycles. The molecule has 0 aliphatic carbocycles. The molecule has 0 atom stereocenters. The second-order valence-electron chi connectivity index (χ2n) is 5.10. The monoisotopic (exact) mass is 262 g/mol. The highest BCUT2D eigenvalue weighted by molar-refractivity contribution is 5.71. The van der Waals surface area contributed by atoms with E-state index in [2.05, 4.69) is 0 Å². The Morgan fingerprint density at radius 3 is 2.79 bits per heavy atom. The summed E-state index contributed by atoms with van der Waals surface area (Å²) >= 11 is 0. The molecule has 2 rings (SSSR count). The smallest absolute Gasteiger partial charge is 0.303 e. The largest absolute Gasteiger partial charge is 0.496 e. The number of carbonyl (C=O) groups is 1. The number of benzene rings is 1. The van der Waals surface area contributed by atoms with Crippen molar-refractivity contribution < 1.29 is 19.4 Å². The molecule has 19 heavy (non-hydrogen) atoms. The molecule has 0 spiro atoms. The summed E-state index contributed by atoms with van der Waals surface area (Å²) in [6.45, 7) is 3.93. The molecule has 0 amide bonds. The van der Waals surface area contributed by atoms with Crippen LogP contribution in [-0.4, -0.2) is 23.8 Å². The lowest BCUT2D eigenvalue weighted by Gasteiger charge is -2.30. The van der Waals surface area contributed by atoms with Crippen molar-refractivity contribution in [2.45, 2.75) is 32.3 Å². The van der Waals surface area contributed by atoms with E-state index in [1.54, 1.807) is 7.11 Å². The van der Waals surface area contributed by atoms with Gasteiger partial charge in [-0.3, -0.25) is 4.79 Å². The Labute approximate surface area is 112 Å². The van der Waals surface area contributed by atoms with E-state index in [1.807, 2.05) is 38.1 Å². The topological polar surface area (TPSA) is 55.8 Å². The Morgan fingerprint density at radius 1 is 1.42 bits per heavy atom. The van der Waals surface area contributed by atoms with E-state index in [0.717, 1.165) is 22.6 Å². The number of carboxylic acids is 1.